The minimum absolute atomic E-state index is 0.0415. The molecule has 0 aliphatic carbocycles. The molecule has 2 aromatic heterocycles. The van der Waals surface area contributed by atoms with E-state index in [1.54, 1.807) is 5.51 Å². The second-order valence-electron chi connectivity index (χ2n) is 5.80. The summed E-state index contributed by atoms with van der Waals surface area (Å²) in [6, 6.07) is 0.309. The number of amides is 1. The number of anilines is 1. The molecule has 1 aliphatic rings. The fraction of sp³-hybridized carbons (Fsp3) is 0.643. The fourth-order valence-corrected chi connectivity index (χ4v) is 3.44. The van der Waals surface area contributed by atoms with Crippen molar-refractivity contribution in [2.45, 2.75) is 45.7 Å². The van der Waals surface area contributed by atoms with Crippen LogP contribution < -0.4 is 5.32 Å². The lowest BCUT2D eigenvalue weighted by Crippen LogP contribution is -2.46. The molecule has 0 radical (unpaired) electrons. The first-order valence-corrected chi connectivity index (χ1v) is 8.68. The molecule has 1 saturated heterocycles. The van der Waals surface area contributed by atoms with Gasteiger partial charge in [0.25, 0.3) is 0 Å². The van der Waals surface area contributed by atoms with E-state index < -0.39 is 0 Å². The zero-order valence-corrected chi connectivity index (χ0v) is 14.2. The Kier molecular flexibility index (Phi) is 4.97. The van der Waals surface area contributed by atoms with Gasteiger partial charge in [0.15, 0.2) is 0 Å². The van der Waals surface area contributed by atoms with Crippen LogP contribution >= 0.6 is 11.3 Å². The Hall–Kier alpha value is -1.87. The molecule has 0 saturated carbocycles. The van der Waals surface area contributed by atoms with E-state index in [4.69, 9.17) is 0 Å². The van der Waals surface area contributed by atoms with Crippen molar-refractivity contribution in [3.8, 4) is 0 Å². The maximum Gasteiger partial charge on any atom is 0.240 e. The average molecular weight is 335 g/mol. The first-order chi connectivity index (χ1) is 11.1. The van der Waals surface area contributed by atoms with Crippen LogP contribution in [0.5, 0.6) is 0 Å². The fourth-order valence-electron chi connectivity index (χ4n) is 2.98. The Morgan fingerprint density at radius 3 is 3.00 bits per heavy atom. The van der Waals surface area contributed by atoms with Gasteiger partial charge in [0, 0.05) is 6.04 Å². The van der Waals surface area contributed by atoms with E-state index in [1.165, 1.54) is 17.8 Å². The first kappa shape index (κ1) is 16.0. The van der Waals surface area contributed by atoms with Gasteiger partial charge in [-0.2, -0.15) is 5.10 Å². The molecule has 0 aromatic carbocycles. The summed E-state index contributed by atoms with van der Waals surface area (Å²) in [5.74, 6) is 1.67. The summed E-state index contributed by atoms with van der Waals surface area (Å²) in [5, 5.41) is 15.4. The Balaban J connectivity index is 1.61. The van der Waals surface area contributed by atoms with Gasteiger partial charge in [0.05, 0.1) is 13.1 Å². The molecule has 3 heterocycles. The molecule has 23 heavy (non-hydrogen) atoms. The lowest BCUT2D eigenvalue weighted by atomic mass is 10.0. The molecule has 2 aromatic rings. The van der Waals surface area contributed by atoms with E-state index in [9.17, 15) is 4.79 Å². The molecule has 124 valence electrons. The molecule has 9 heteroatoms. The summed E-state index contributed by atoms with van der Waals surface area (Å²) >= 11 is 1.33. The number of piperidine rings is 1. The van der Waals surface area contributed by atoms with Crippen molar-refractivity contribution in [2.24, 2.45) is 0 Å². The van der Waals surface area contributed by atoms with E-state index in [0.29, 0.717) is 17.7 Å². The summed E-state index contributed by atoms with van der Waals surface area (Å²) in [4.78, 5) is 18.8. The molecule has 0 unspecified atom stereocenters. The monoisotopic (exact) mass is 335 g/mol. The van der Waals surface area contributed by atoms with E-state index in [0.717, 1.165) is 37.6 Å². The second kappa shape index (κ2) is 7.14. The molecule has 0 spiro atoms. The first-order valence-electron chi connectivity index (χ1n) is 7.80. The summed E-state index contributed by atoms with van der Waals surface area (Å²) in [6.07, 6.45) is 3.38. The van der Waals surface area contributed by atoms with Crippen LogP contribution in [-0.2, 0) is 11.3 Å². The van der Waals surface area contributed by atoms with Crippen LogP contribution in [0.2, 0.25) is 0 Å². The van der Waals surface area contributed by atoms with Gasteiger partial charge in [-0.15, -0.1) is 10.2 Å². The van der Waals surface area contributed by atoms with Gasteiger partial charge in [-0.25, -0.2) is 9.67 Å². The van der Waals surface area contributed by atoms with Gasteiger partial charge in [0.2, 0.25) is 11.0 Å². The highest BCUT2D eigenvalue weighted by molar-refractivity contribution is 7.13. The topological polar surface area (TPSA) is 88.8 Å². The van der Waals surface area contributed by atoms with Crippen LogP contribution in [0.15, 0.2) is 5.51 Å². The molecule has 1 amide bonds. The predicted molar refractivity (Wildman–Crippen MR) is 87.2 cm³/mol. The summed E-state index contributed by atoms with van der Waals surface area (Å²) in [5.41, 5.74) is 1.61. The zero-order chi connectivity index (χ0) is 16.2. The van der Waals surface area contributed by atoms with Gasteiger partial charge in [-0.3, -0.25) is 15.0 Å². The van der Waals surface area contributed by atoms with Crippen LogP contribution in [0.4, 0.5) is 5.13 Å². The van der Waals surface area contributed by atoms with Crippen molar-refractivity contribution in [2.75, 3.05) is 18.4 Å². The third kappa shape index (κ3) is 4.11. The molecule has 1 atom stereocenters. The van der Waals surface area contributed by atoms with E-state index in [2.05, 4.69) is 30.5 Å². The minimum atomic E-state index is -0.0415. The number of nitrogens with zero attached hydrogens (tertiary/aromatic N) is 6. The summed E-state index contributed by atoms with van der Waals surface area (Å²) < 4.78 is 1.95. The van der Waals surface area contributed by atoms with Gasteiger partial charge >= 0.3 is 0 Å². The molecule has 3 rings (SSSR count). The van der Waals surface area contributed by atoms with Gasteiger partial charge in [-0.05, 0) is 33.2 Å². The van der Waals surface area contributed by atoms with Crippen LogP contribution in [0.25, 0.3) is 0 Å². The Labute approximate surface area is 138 Å². The number of nitrogens with one attached hydrogen (secondary N) is 1. The molecular weight excluding hydrogens is 314 g/mol. The minimum Gasteiger partial charge on any atom is -0.299 e. The summed E-state index contributed by atoms with van der Waals surface area (Å²) in [7, 11) is 0. The average Bonchev–Trinajstić information content (AvgIpc) is 3.11. The third-order valence-electron chi connectivity index (χ3n) is 4.05. The third-order valence-corrected chi connectivity index (χ3v) is 4.66. The van der Waals surface area contributed by atoms with Crippen molar-refractivity contribution in [3.05, 3.63) is 17.2 Å². The van der Waals surface area contributed by atoms with Gasteiger partial charge < -0.3 is 0 Å². The highest BCUT2D eigenvalue weighted by Gasteiger charge is 2.25. The molecular formula is C14H21N7OS. The van der Waals surface area contributed by atoms with Crippen molar-refractivity contribution in [3.63, 3.8) is 0 Å². The largest absolute Gasteiger partial charge is 0.299 e. The number of hydrogen-bond acceptors (Lipinski definition) is 7. The van der Waals surface area contributed by atoms with Crippen molar-refractivity contribution >= 4 is 22.4 Å². The van der Waals surface area contributed by atoms with Crippen LogP contribution in [0, 0.1) is 13.8 Å². The van der Waals surface area contributed by atoms with Crippen LogP contribution in [0.1, 0.15) is 30.9 Å². The standard InChI is InChI=1S/C14H21N7OS/c1-10-16-11(2)21(19-10)7-12-5-3-4-6-20(12)8-13(22)17-14-18-15-9-23-14/h9,12H,3-8H2,1-2H3,(H,17,18,22)/t12-/m1/s1. The molecule has 1 N–H and O–H groups in total. The molecule has 8 nitrogen and oxygen atoms in total. The van der Waals surface area contributed by atoms with Crippen LogP contribution in [-0.4, -0.2) is 54.9 Å². The lowest BCUT2D eigenvalue weighted by Gasteiger charge is -2.35. The number of carbonyl (C=O) groups is 1. The van der Waals surface area contributed by atoms with Gasteiger partial charge in [0.1, 0.15) is 17.2 Å². The molecule has 1 aliphatic heterocycles. The van der Waals surface area contributed by atoms with Crippen LogP contribution in [0.3, 0.4) is 0 Å². The number of aromatic nitrogens is 5. The summed E-state index contributed by atoms with van der Waals surface area (Å²) in [6.45, 7) is 5.95. The van der Waals surface area contributed by atoms with Crippen molar-refractivity contribution < 1.29 is 4.79 Å². The molecule has 0 bridgehead atoms. The normalized spacial score (nSPS) is 19.0. The number of carbonyl (C=O) groups excluding carboxylic acids is 1. The number of aryl methyl sites for hydroxylation is 2. The smallest absolute Gasteiger partial charge is 0.240 e. The second-order valence-corrected chi connectivity index (χ2v) is 6.63. The Morgan fingerprint density at radius 2 is 2.30 bits per heavy atom. The lowest BCUT2D eigenvalue weighted by molar-refractivity contribution is -0.118. The Morgan fingerprint density at radius 1 is 1.43 bits per heavy atom. The van der Waals surface area contributed by atoms with Crippen molar-refractivity contribution in [1.82, 2.24) is 29.9 Å². The molecule has 1 fully saturated rings. The number of likely N-dealkylation sites (tertiary alicyclic amines) is 1. The maximum atomic E-state index is 12.2. The zero-order valence-electron chi connectivity index (χ0n) is 13.4. The highest BCUT2D eigenvalue weighted by atomic mass is 32.1. The predicted octanol–water partition coefficient (Wildman–Crippen LogP) is 1.24. The SMILES string of the molecule is Cc1nc(C)n(C[C@H]2CCCCN2CC(=O)Nc2nncs2)n1. The quantitative estimate of drug-likeness (QED) is 0.884. The number of rotatable bonds is 5. The van der Waals surface area contributed by atoms with E-state index in [-0.39, 0.29) is 5.91 Å². The van der Waals surface area contributed by atoms with E-state index in [1.807, 2.05) is 18.5 Å². The number of hydrogen-bond donors (Lipinski definition) is 1. The van der Waals surface area contributed by atoms with Crippen molar-refractivity contribution in [1.29, 1.82) is 0 Å². The maximum absolute atomic E-state index is 12.2. The highest BCUT2D eigenvalue weighted by Crippen LogP contribution is 2.19. The Bertz CT molecular complexity index is 654. The van der Waals surface area contributed by atoms with Gasteiger partial charge in [-0.1, -0.05) is 17.8 Å². The van der Waals surface area contributed by atoms with E-state index >= 15 is 0 Å².